The largest absolute Gasteiger partial charge is 0.0579 e. The highest BCUT2D eigenvalue weighted by Crippen LogP contribution is 2.45. The van der Waals surface area contributed by atoms with Crippen molar-refractivity contribution in [2.24, 2.45) is 0 Å². The molecule has 0 spiro atoms. The van der Waals surface area contributed by atoms with Crippen LogP contribution in [-0.2, 0) is 32.5 Å². The fourth-order valence-corrected chi connectivity index (χ4v) is 5.37. The Hall–Kier alpha value is -1.56. The molecule has 0 atom stereocenters. The summed E-state index contributed by atoms with van der Waals surface area (Å²) in [5.41, 5.74) is 10.6. The lowest BCUT2D eigenvalue weighted by atomic mass is 9.65. The van der Waals surface area contributed by atoms with Crippen molar-refractivity contribution in [3.05, 3.63) is 69.3 Å². The maximum atomic E-state index is 2.53. The van der Waals surface area contributed by atoms with Crippen LogP contribution in [0.25, 0.3) is 0 Å². The van der Waals surface area contributed by atoms with Crippen molar-refractivity contribution in [1.82, 2.24) is 0 Å². The molecule has 0 heteroatoms. The molecule has 0 saturated carbocycles. The van der Waals surface area contributed by atoms with E-state index in [2.05, 4.69) is 148 Å². The third kappa shape index (κ3) is 6.23. The summed E-state index contributed by atoms with van der Waals surface area (Å²) in [5, 5.41) is 0. The first-order chi connectivity index (χ1) is 15.3. The lowest BCUT2D eigenvalue weighted by molar-refractivity contribution is 0.492. The summed E-state index contributed by atoms with van der Waals surface area (Å²) in [6, 6.07) is 12.4. The Labute approximate surface area is 219 Å². The van der Waals surface area contributed by atoms with Crippen LogP contribution in [0.2, 0.25) is 0 Å². The maximum absolute atomic E-state index is 2.53. The Morgan fingerprint density at radius 1 is 0.343 bits per heavy atom. The van der Waals surface area contributed by atoms with Crippen molar-refractivity contribution < 1.29 is 0 Å². The molecule has 0 nitrogen and oxygen atoms in total. The monoisotopic (exact) mass is 476 g/mol. The fraction of sp³-hybridized carbons (Fsp3) is 0.657. The zero-order valence-electron chi connectivity index (χ0n) is 26.4. The summed E-state index contributed by atoms with van der Waals surface area (Å²) in [7, 11) is 0. The minimum atomic E-state index is -0.104. The van der Waals surface area contributed by atoms with E-state index in [0.29, 0.717) is 0 Å². The molecule has 0 aliphatic heterocycles. The van der Waals surface area contributed by atoms with Gasteiger partial charge in [0.05, 0.1) is 0 Å². The number of rotatable bonds is 2. The molecule has 2 aromatic rings. The highest BCUT2D eigenvalue weighted by Gasteiger charge is 2.36. The molecule has 0 N–H and O–H groups in total. The van der Waals surface area contributed by atoms with Crippen LogP contribution in [-0.4, -0.2) is 0 Å². The van der Waals surface area contributed by atoms with Crippen molar-refractivity contribution in [3.63, 3.8) is 0 Å². The van der Waals surface area contributed by atoms with Crippen LogP contribution in [0.5, 0.6) is 0 Å². The average molecular weight is 477 g/mol. The van der Waals surface area contributed by atoms with Crippen LogP contribution in [0.1, 0.15) is 157 Å². The van der Waals surface area contributed by atoms with Gasteiger partial charge in [-0.1, -0.05) is 148 Å². The third-order valence-corrected chi connectivity index (χ3v) is 7.58. The summed E-state index contributed by atoms with van der Waals surface area (Å²) in [5.74, 6) is 0. The van der Waals surface area contributed by atoms with Crippen molar-refractivity contribution in [2.45, 2.75) is 150 Å². The van der Waals surface area contributed by atoms with Crippen LogP contribution in [0.15, 0.2) is 30.3 Å². The van der Waals surface area contributed by atoms with E-state index in [1.165, 1.54) is 38.9 Å². The van der Waals surface area contributed by atoms with Crippen LogP contribution in [0, 0.1) is 0 Å². The molecule has 0 saturated heterocycles. The highest BCUT2D eigenvalue weighted by atomic mass is 14.4. The van der Waals surface area contributed by atoms with Crippen molar-refractivity contribution in [2.75, 3.05) is 0 Å². The molecule has 0 amide bonds. The summed E-state index contributed by atoms with van der Waals surface area (Å²) in [6.45, 7) is 40.2. The van der Waals surface area contributed by atoms with E-state index in [1.54, 1.807) is 0 Å². The van der Waals surface area contributed by atoms with E-state index >= 15 is 0 Å². The van der Waals surface area contributed by atoms with Crippen LogP contribution in [0.4, 0.5) is 0 Å². The first kappa shape index (κ1) is 29.7. The second kappa shape index (κ2) is 8.78. The zero-order valence-corrected chi connectivity index (χ0v) is 26.4. The Morgan fingerprint density at radius 3 is 1.00 bits per heavy atom. The lowest BCUT2D eigenvalue weighted by Crippen LogP contribution is -2.31. The molecular formula is C35H56. The highest BCUT2D eigenvalue weighted by molar-refractivity contribution is 5.54. The molecule has 0 aliphatic rings. The van der Waals surface area contributed by atoms with E-state index in [0.717, 1.165) is 0 Å². The minimum Gasteiger partial charge on any atom is -0.0579 e. The Bertz CT molecular complexity index is 1020. The van der Waals surface area contributed by atoms with Crippen LogP contribution in [0.3, 0.4) is 0 Å². The summed E-state index contributed by atoms with van der Waals surface area (Å²) in [6.07, 6.45) is 0. The van der Waals surface area contributed by atoms with Crippen molar-refractivity contribution in [1.29, 1.82) is 0 Å². The molecule has 0 bridgehead atoms. The normalized spacial score (nSPS) is 14.4. The van der Waals surface area contributed by atoms with Crippen LogP contribution < -0.4 is 0 Å². The van der Waals surface area contributed by atoms with Gasteiger partial charge in [0, 0.05) is 5.41 Å². The van der Waals surface area contributed by atoms with E-state index in [9.17, 15) is 0 Å². The second-order valence-electron chi connectivity index (χ2n) is 16.6. The first-order valence-electron chi connectivity index (χ1n) is 13.6. The lowest BCUT2D eigenvalue weighted by Gasteiger charge is -2.39. The topological polar surface area (TPSA) is 0 Å². The van der Waals surface area contributed by atoms with E-state index in [1.807, 2.05) is 0 Å². The Balaban J connectivity index is 2.95. The van der Waals surface area contributed by atoms with Gasteiger partial charge in [0.2, 0.25) is 0 Å². The fourth-order valence-electron chi connectivity index (χ4n) is 5.37. The second-order valence-corrected chi connectivity index (χ2v) is 16.6. The van der Waals surface area contributed by atoms with E-state index in [-0.39, 0.29) is 32.5 Å². The molecule has 0 heterocycles. The number of hydrogen-bond acceptors (Lipinski definition) is 0. The molecule has 0 radical (unpaired) electrons. The average Bonchev–Trinajstić information content (AvgIpc) is 2.62. The SMILES string of the molecule is CC(C)(C)c1ccc(C(C)(C)c2cc(C(C)(C)C)c(C(C)(C)C)c(C(C)(C)C)c2)cc1C(C)(C)C. The smallest absolute Gasteiger partial charge is 0.0146 e. The van der Waals surface area contributed by atoms with Gasteiger partial charge in [-0.3, -0.25) is 0 Å². The van der Waals surface area contributed by atoms with Gasteiger partial charge in [-0.25, -0.2) is 0 Å². The molecule has 2 aromatic carbocycles. The predicted octanol–water partition coefficient (Wildman–Crippen LogP) is 10.5. The number of hydrogen-bond donors (Lipinski definition) is 0. The molecular weight excluding hydrogens is 420 g/mol. The maximum Gasteiger partial charge on any atom is 0.0146 e. The van der Waals surface area contributed by atoms with Gasteiger partial charge < -0.3 is 0 Å². The molecule has 0 unspecified atom stereocenters. The summed E-state index contributed by atoms with van der Waals surface area (Å²) in [4.78, 5) is 0. The molecule has 35 heavy (non-hydrogen) atoms. The van der Waals surface area contributed by atoms with Gasteiger partial charge in [-0.15, -0.1) is 0 Å². The van der Waals surface area contributed by atoms with Crippen molar-refractivity contribution in [3.8, 4) is 0 Å². The summed E-state index contributed by atoms with van der Waals surface area (Å²) < 4.78 is 0. The molecule has 196 valence electrons. The Kier molecular flexibility index (Phi) is 7.44. The van der Waals surface area contributed by atoms with Gasteiger partial charge in [0.1, 0.15) is 0 Å². The zero-order chi connectivity index (χ0) is 27.6. The minimum absolute atomic E-state index is 0.0708. The molecule has 0 fully saturated rings. The van der Waals surface area contributed by atoms with Gasteiger partial charge in [0.15, 0.2) is 0 Å². The quantitative estimate of drug-likeness (QED) is 0.404. The van der Waals surface area contributed by atoms with E-state index in [4.69, 9.17) is 0 Å². The van der Waals surface area contributed by atoms with Gasteiger partial charge in [-0.2, -0.15) is 0 Å². The predicted molar refractivity (Wildman–Crippen MR) is 159 cm³/mol. The number of benzene rings is 2. The third-order valence-electron chi connectivity index (χ3n) is 7.58. The molecule has 2 rings (SSSR count). The van der Waals surface area contributed by atoms with Gasteiger partial charge in [0.25, 0.3) is 0 Å². The van der Waals surface area contributed by atoms with Gasteiger partial charge in [-0.05, 0) is 66.0 Å². The summed E-state index contributed by atoms with van der Waals surface area (Å²) >= 11 is 0. The molecule has 0 aliphatic carbocycles. The standard InChI is InChI=1S/C35H56/c1-30(2,3)25-19-18-23(20-26(25)31(4,5)6)35(16,17)24-21-27(32(7,8)9)29(34(13,14)15)28(22-24)33(10,11)12/h18-22H,1-17H3. The Morgan fingerprint density at radius 2 is 0.686 bits per heavy atom. The van der Waals surface area contributed by atoms with Crippen LogP contribution >= 0.6 is 0 Å². The van der Waals surface area contributed by atoms with E-state index < -0.39 is 0 Å². The van der Waals surface area contributed by atoms with Crippen molar-refractivity contribution >= 4 is 0 Å². The van der Waals surface area contributed by atoms with Gasteiger partial charge >= 0.3 is 0 Å². The molecule has 0 aromatic heterocycles. The first-order valence-corrected chi connectivity index (χ1v) is 13.6.